The topological polar surface area (TPSA) is 98.7 Å². The maximum absolute atomic E-state index is 13.5. The van der Waals surface area contributed by atoms with Crippen LogP contribution in [0.1, 0.15) is 31.8 Å². The van der Waals surface area contributed by atoms with Gasteiger partial charge in [0.25, 0.3) is 0 Å². The molecule has 0 bridgehead atoms. The number of hydrogen-bond acceptors (Lipinski definition) is 4. The van der Waals surface area contributed by atoms with Gasteiger partial charge < -0.3 is 20.8 Å². The first kappa shape index (κ1) is 25.2. The van der Waals surface area contributed by atoms with Crippen molar-refractivity contribution in [3.05, 3.63) is 118 Å². The number of carboxylic acids is 2. The lowest BCUT2D eigenvalue weighted by atomic mass is 9.99. The van der Waals surface area contributed by atoms with Crippen LogP contribution in [0.15, 0.2) is 72.8 Å². The van der Waals surface area contributed by atoms with E-state index in [0.29, 0.717) is 23.3 Å². The fourth-order valence-electron chi connectivity index (χ4n) is 3.77. The number of nitrogens with one attached hydrogen (secondary N) is 2. The van der Waals surface area contributed by atoms with E-state index in [1.54, 1.807) is 12.1 Å². The molecular formula is C27H18F4N2O4. The van der Waals surface area contributed by atoms with E-state index in [0.717, 1.165) is 24.3 Å². The van der Waals surface area contributed by atoms with Gasteiger partial charge in [-0.05, 0) is 66.1 Å². The molecule has 0 aliphatic rings. The molecule has 0 unspecified atom stereocenters. The summed E-state index contributed by atoms with van der Waals surface area (Å²) >= 11 is 0. The van der Waals surface area contributed by atoms with E-state index in [2.05, 4.69) is 10.6 Å². The van der Waals surface area contributed by atoms with Gasteiger partial charge in [-0.15, -0.1) is 0 Å². The van der Waals surface area contributed by atoms with Crippen molar-refractivity contribution in [3.8, 4) is 0 Å². The number of carbonyl (C=O) groups is 2. The summed E-state index contributed by atoms with van der Waals surface area (Å²) in [5.74, 6) is -5.88. The van der Waals surface area contributed by atoms with Gasteiger partial charge in [0.15, 0.2) is 0 Å². The number of hydrogen-bond donors (Lipinski definition) is 4. The summed E-state index contributed by atoms with van der Waals surface area (Å²) in [6.07, 6.45) is 0.157. The van der Waals surface area contributed by atoms with E-state index in [1.807, 2.05) is 0 Å². The Kier molecular flexibility index (Phi) is 7.10. The molecule has 4 aromatic rings. The van der Waals surface area contributed by atoms with Gasteiger partial charge in [0, 0.05) is 23.5 Å². The fraction of sp³-hybridized carbons (Fsp3) is 0.0370. The lowest BCUT2D eigenvalue weighted by Crippen LogP contribution is -2.06. The van der Waals surface area contributed by atoms with Crippen molar-refractivity contribution in [2.45, 2.75) is 6.42 Å². The zero-order valence-corrected chi connectivity index (χ0v) is 18.9. The third-order valence-electron chi connectivity index (χ3n) is 5.32. The van der Waals surface area contributed by atoms with E-state index >= 15 is 0 Å². The molecule has 37 heavy (non-hydrogen) atoms. The highest BCUT2D eigenvalue weighted by atomic mass is 19.1. The van der Waals surface area contributed by atoms with Crippen molar-refractivity contribution in [2.24, 2.45) is 0 Å². The average Bonchev–Trinajstić information content (AvgIpc) is 2.79. The van der Waals surface area contributed by atoms with Crippen molar-refractivity contribution in [3.63, 3.8) is 0 Å². The van der Waals surface area contributed by atoms with E-state index < -0.39 is 35.2 Å². The van der Waals surface area contributed by atoms with Crippen LogP contribution in [-0.2, 0) is 6.42 Å². The predicted molar refractivity (Wildman–Crippen MR) is 129 cm³/mol. The zero-order valence-electron chi connectivity index (χ0n) is 18.9. The van der Waals surface area contributed by atoms with Crippen LogP contribution in [0.4, 0.5) is 40.3 Å². The Balaban J connectivity index is 1.60. The monoisotopic (exact) mass is 510 g/mol. The highest BCUT2D eigenvalue weighted by Gasteiger charge is 2.15. The summed E-state index contributed by atoms with van der Waals surface area (Å²) in [6, 6.07) is 14.2. The van der Waals surface area contributed by atoms with Crippen molar-refractivity contribution < 1.29 is 37.4 Å². The van der Waals surface area contributed by atoms with Gasteiger partial charge in [-0.3, -0.25) is 0 Å². The van der Waals surface area contributed by atoms with Gasteiger partial charge in [0.1, 0.15) is 23.3 Å². The molecule has 0 aliphatic carbocycles. The van der Waals surface area contributed by atoms with E-state index in [1.165, 1.54) is 24.3 Å². The molecule has 0 aromatic heterocycles. The van der Waals surface area contributed by atoms with Crippen LogP contribution in [0.5, 0.6) is 0 Å². The zero-order chi connectivity index (χ0) is 26.7. The van der Waals surface area contributed by atoms with Crippen LogP contribution in [0, 0.1) is 23.3 Å². The van der Waals surface area contributed by atoms with Gasteiger partial charge in [-0.1, -0.05) is 12.1 Å². The summed E-state index contributed by atoms with van der Waals surface area (Å²) in [7, 11) is 0. The molecular weight excluding hydrogens is 492 g/mol. The standard InChI is InChI=1S/C27H18F4N2O4/c28-16-8-17(29)11-20(10-16)32-24-3-1-14(6-22(24)26(34)35)5-15-2-4-25(23(7-15)27(36)37)33-21-12-18(30)9-19(31)13-21/h1-4,6-13,32-33H,5H2,(H,34,35)(H,36,37). The second-order valence-corrected chi connectivity index (χ2v) is 8.11. The number of halogens is 4. The Labute approximate surface area is 207 Å². The first-order valence-corrected chi connectivity index (χ1v) is 10.8. The smallest absolute Gasteiger partial charge is 0.337 e. The number of benzene rings is 4. The van der Waals surface area contributed by atoms with E-state index in [4.69, 9.17) is 0 Å². The minimum atomic E-state index is -1.28. The molecule has 0 saturated heterocycles. The average molecular weight is 510 g/mol. The highest BCUT2D eigenvalue weighted by Crippen LogP contribution is 2.27. The van der Waals surface area contributed by atoms with E-state index in [9.17, 15) is 37.4 Å². The van der Waals surface area contributed by atoms with Crippen molar-refractivity contribution in [1.82, 2.24) is 0 Å². The molecule has 188 valence electrons. The molecule has 0 fully saturated rings. The van der Waals surface area contributed by atoms with Crippen molar-refractivity contribution >= 4 is 34.7 Å². The Hall–Kier alpha value is -4.86. The van der Waals surface area contributed by atoms with Crippen LogP contribution in [0.2, 0.25) is 0 Å². The number of rotatable bonds is 8. The quantitative estimate of drug-likeness (QED) is 0.197. The Bertz CT molecular complexity index is 1370. The third kappa shape index (κ3) is 6.23. The van der Waals surface area contributed by atoms with Crippen molar-refractivity contribution in [2.75, 3.05) is 10.6 Å². The molecule has 0 aliphatic heterocycles. The van der Waals surface area contributed by atoms with Gasteiger partial charge in [0.05, 0.1) is 22.5 Å². The number of aromatic carboxylic acids is 2. The molecule has 4 aromatic carbocycles. The Morgan fingerprint density at radius 2 is 0.919 bits per heavy atom. The minimum absolute atomic E-state index is 0.0279. The second-order valence-electron chi connectivity index (χ2n) is 8.11. The van der Waals surface area contributed by atoms with Crippen LogP contribution >= 0.6 is 0 Å². The molecule has 6 nitrogen and oxygen atoms in total. The summed E-state index contributed by atoms with van der Waals surface area (Å²) in [6.45, 7) is 0. The summed E-state index contributed by atoms with van der Waals surface area (Å²) in [4.78, 5) is 23.7. The van der Waals surface area contributed by atoms with Gasteiger partial charge in [-0.2, -0.15) is 0 Å². The first-order valence-electron chi connectivity index (χ1n) is 10.8. The summed E-state index contributed by atoms with van der Waals surface area (Å²) in [5, 5.41) is 24.7. The first-order chi connectivity index (χ1) is 17.6. The normalized spacial score (nSPS) is 10.7. The van der Waals surface area contributed by atoms with Gasteiger partial charge >= 0.3 is 11.9 Å². The second kappa shape index (κ2) is 10.4. The van der Waals surface area contributed by atoms with Crippen LogP contribution < -0.4 is 10.6 Å². The maximum Gasteiger partial charge on any atom is 0.337 e. The summed E-state index contributed by atoms with van der Waals surface area (Å²) < 4.78 is 54.0. The molecule has 0 saturated carbocycles. The van der Waals surface area contributed by atoms with E-state index in [-0.39, 0.29) is 40.3 Å². The molecule has 0 atom stereocenters. The number of anilines is 4. The van der Waals surface area contributed by atoms with Crippen LogP contribution in [0.3, 0.4) is 0 Å². The predicted octanol–water partition coefficient (Wildman–Crippen LogP) is 6.72. The Morgan fingerprint density at radius 1 is 0.568 bits per heavy atom. The number of carboxylic acid groups (broad SMARTS) is 2. The molecule has 0 spiro atoms. The molecule has 0 radical (unpaired) electrons. The highest BCUT2D eigenvalue weighted by molar-refractivity contribution is 5.96. The molecule has 0 heterocycles. The minimum Gasteiger partial charge on any atom is -0.478 e. The van der Waals surface area contributed by atoms with Gasteiger partial charge in [-0.25, -0.2) is 27.2 Å². The third-order valence-corrected chi connectivity index (χ3v) is 5.32. The van der Waals surface area contributed by atoms with Crippen LogP contribution in [0.25, 0.3) is 0 Å². The molecule has 10 heteroatoms. The Morgan fingerprint density at radius 3 is 1.24 bits per heavy atom. The van der Waals surface area contributed by atoms with Crippen LogP contribution in [-0.4, -0.2) is 22.2 Å². The SMILES string of the molecule is O=C(O)c1cc(Cc2ccc(Nc3cc(F)cc(F)c3)c(C(=O)O)c2)ccc1Nc1cc(F)cc(F)c1. The largest absolute Gasteiger partial charge is 0.478 e. The molecule has 0 amide bonds. The maximum atomic E-state index is 13.5. The molecule has 4 N–H and O–H groups in total. The molecule has 4 rings (SSSR count). The lowest BCUT2D eigenvalue weighted by molar-refractivity contribution is 0.0687. The fourth-order valence-corrected chi connectivity index (χ4v) is 3.77. The van der Waals surface area contributed by atoms with Crippen molar-refractivity contribution in [1.29, 1.82) is 0 Å². The van der Waals surface area contributed by atoms with Gasteiger partial charge in [0.2, 0.25) is 0 Å². The lowest BCUT2D eigenvalue weighted by Gasteiger charge is -2.14. The summed E-state index contributed by atoms with van der Waals surface area (Å²) in [5.41, 5.74) is 0.998.